The summed E-state index contributed by atoms with van der Waals surface area (Å²) in [5.74, 6) is 1.42. The van der Waals surface area contributed by atoms with Gasteiger partial charge in [0.2, 0.25) is 5.91 Å². The fraction of sp³-hybridized carbons (Fsp3) is 0.389. The van der Waals surface area contributed by atoms with Crippen molar-refractivity contribution in [3.05, 3.63) is 41.3 Å². The second-order valence-corrected chi connectivity index (χ2v) is 6.82. The van der Waals surface area contributed by atoms with Crippen LogP contribution in [0.3, 0.4) is 0 Å². The van der Waals surface area contributed by atoms with Crippen molar-refractivity contribution in [2.75, 3.05) is 18.6 Å². The summed E-state index contributed by atoms with van der Waals surface area (Å²) in [6, 6.07) is 6.12. The van der Waals surface area contributed by atoms with E-state index in [-0.39, 0.29) is 12.0 Å². The molecule has 0 fully saturated rings. The maximum absolute atomic E-state index is 11.6. The van der Waals surface area contributed by atoms with E-state index in [1.54, 1.807) is 6.20 Å². The van der Waals surface area contributed by atoms with Crippen LogP contribution in [0.5, 0.6) is 5.75 Å². The van der Waals surface area contributed by atoms with Crippen molar-refractivity contribution in [3.63, 3.8) is 0 Å². The smallest absolute Gasteiger partial charge is 0.230 e. The first-order chi connectivity index (χ1) is 11.6. The molecular weight excluding hydrogens is 322 g/mol. The number of ether oxygens (including phenoxy) is 1. The molecule has 5 nitrogen and oxygen atoms in total. The first kappa shape index (κ1) is 16.8. The summed E-state index contributed by atoms with van der Waals surface area (Å²) in [6.07, 6.45) is 4.48. The Morgan fingerprint density at radius 1 is 1.42 bits per heavy atom. The van der Waals surface area contributed by atoms with Gasteiger partial charge >= 0.3 is 0 Å². The molecule has 3 rings (SSSR count). The fourth-order valence-corrected chi connectivity index (χ4v) is 3.17. The van der Waals surface area contributed by atoms with E-state index in [2.05, 4.69) is 21.4 Å². The van der Waals surface area contributed by atoms with Gasteiger partial charge in [-0.05, 0) is 43.9 Å². The van der Waals surface area contributed by atoms with Crippen molar-refractivity contribution >= 4 is 17.7 Å². The number of hydrogen-bond donors (Lipinski definition) is 1. The first-order valence-corrected chi connectivity index (χ1v) is 9.32. The molecule has 126 valence electrons. The number of thioether (sulfide) groups is 1. The number of carbonyl (C=O) groups excluding carboxylic acids is 1. The van der Waals surface area contributed by atoms with Crippen LogP contribution >= 0.6 is 11.8 Å². The Kier molecular flexibility index (Phi) is 5.04. The molecule has 1 aromatic heterocycles. The van der Waals surface area contributed by atoms with Crippen LogP contribution in [0.2, 0.25) is 0 Å². The standard InChI is InChI=1S/C18H21N3O2S/c1-11-8-19-12(2)18(21-11)13-4-5-16-14(6-13)7-15(23-16)9-20-17(22)10-24-3/h4-6,8,15H,7,9-10H2,1-3H3,(H,20,22)/t15-/m1/s1. The van der Waals surface area contributed by atoms with Gasteiger partial charge in [-0.15, -0.1) is 0 Å². The molecule has 1 amide bonds. The summed E-state index contributed by atoms with van der Waals surface area (Å²) < 4.78 is 5.92. The lowest BCUT2D eigenvalue weighted by molar-refractivity contribution is -0.118. The largest absolute Gasteiger partial charge is 0.488 e. The summed E-state index contributed by atoms with van der Waals surface area (Å²) in [7, 11) is 0. The summed E-state index contributed by atoms with van der Waals surface area (Å²) >= 11 is 1.52. The van der Waals surface area contributed by atoms with Crippen LogP contribution in [0.25, 0.3) is 11.3 Å². The number of aryl methyl sites for hydroxylation is 2. The van der Waals surface area contributed by atoms with Crippen molar-refractivity contribution in [2.24, 2.45) is 0 Å². The van der Waals surface area contributed by atoms with Crippen LogP contribution in [-0.2, 0) is 11.2 Å². The molecule has 1 aromatic carbocycles. The van der Waals surface area contributed by atoms with Crippen LogP contribution in [0.15, 0.2) is 24.4 Å². The van der Waals surface area contributed by atoms with E-state index in [0.717, 1.165) is 40.4 Å². The maximum atomic E-state index is 11.6. The van der Waals surface area contributed by atoms with Crippen molar-refractivity contribution in [3.8, 4) is 17.0 Å². The van der Waals surface area contributed by atoms with Gasteiger partial charge in [-0.25, -0.2) is 4.98 Å². The van der Waals surface area contributed by atoms with Crippen LogP contribution in [0, 0.1) is 13.8 Å². The van der Waals surface area contributed by atoms with E-state index in [1.165, 1.54) is 11.8 Å². The van der Waals surface area contributed by atoms with E-state index < -0.39 is 0 Å². The number of carbonyl (C=O) groups is 1. The maximum Gasteiger partial charge on any atom is 0.230 e. The normalized spacial score (nSPS) is 15.7. The van der Waals surface area contributed by atoms with Crippen LogP contribution in [0.1, 0.15) is 17.0 Å². The minimum atomic E-state index is -0.00857. The van der Waals surface area contributed by atoms with Gasteiger partial charge in [0.1, 0.15) is 11.9 Å². The molecule has 1 atom stereocenters. The van der Waals surface area contributed by atoms with E-state index in [4.69, 9.17) is 4.74 Å². The lowest BCUT2D eigenvalue weighted by atomic mass is 10.0. The molecule has 6 heteroatoms. The quantitative estimate of drug-likeness (QED) is 0.904. The predicted octanol–water partition coefficient (Wildman–Crippen LogP) is 2.54. The summed E-state index contributed by atoms with van der Waals surface area (Å²) in [5.41, 5.74) is 4.94. The molecule has 2 heterocycles. The Hall–Kier alpha value is -2.08. The third kappa shape index (κ3) is 3.70. The van der Waals surface area contributed by atoms with E-state index >= 15 is 0 Å². The molecule has 1 aliphatic heterocycles. The predicted molar refractivity (Wildman–Crippen MR) is 96.5 cm³/mol. The lowest BCUT2D eigenvalue weighted by Crippen LogP contribution is -2.35. The number of nitrogens with zero attached hydrogens (tertiary/aromatic N) is 2. The number of fused-ring (bicyclic) bond motifs is 1. The van der Waals surface area contributed by atoms with E-state index in [0.29, 0.717) is 12.3 Å². The zero-order valence-electron chi connectivity index (χ0n) is 14.1. The number of hydrogen-bond acceptors (Lipinski definition) is 5. The Labute approximate surface area is 146 Å². The van der Waals surface area contributed by atoms with Crippen molar-refractivity contribution < 1.29 is 9.53 Å². The van der Waals surface area contributed by atoms with Gasteiger partial charge in [0.05, 0.1) is 29.4 Å². The van der Waals surface area contributed by atoms with E-state index in [1.807, 2.05) is 32.2 Å². The Morgan fingerprint density at radius 3 is 3.04 bits per heavy atom. The van der Waals surface area contributed by atoms with Crippen LogP contribution in [0.4, 0.5) is 0 Å². The molecule has 0 aliphatic carbocycles. The molecule has 0 bridgehead atoms. The number of amides is 1. The van der Waals surface area contributed by atoms with Gasteiger partial charge in [0, 0.05) is 18.2 Å². The summed E-state index contributed by atoms with van der Waals surface area (Å²) in [4.78, 5) is 20.6. The topological polar surface area (TPSA) is 64.1 Å². The van der Waals surface area contributed by atoms with Crippen molar-refractivity contribution in [1.82, 2.24) is 15.3 Å². The molecule has 2 aromatic rings. The van der Waals surface area contributed by atoms with E-state index in [9.17, 15) is 4.79 Å². The molecule has 0 unspecified atom stereocenters. The second kappa shape index (κ2) is 7.21. The van der Waals surface area contributed by atoms with Gasteiger partial charge in [0.25, 0.3) is 0 Å². The average Bonchev–Trinajstić information content (AvgIpc) is 2.97. The molecular formula is C18H21N3O2S. The van der Waals surface area contributed by atoms with Gasteiger partial charge < -0.3 is 10.1 Å². The zero-order valence-corrected chi connectivity index (χ0v) is 14.9. The van der Waals surface area contributed by atoms with Crippen LogP contribution in [-0.4, -0.2) is 40.5 Å². The molecule has 0 saturated heterocycles. The Bertz CT molecular complexity index is 764. The number of benzene rings is 1. The highest BCUT2D eigenvalue weighted by molar-refractivity contribution is 7.99. The van der Waals surface area contributed by atoms with Gasteiger partial charge in [-0.2, -0.15) is 11.8 Å². The number of nitrogens with one attached hydrogen (secondary N) is 1. The Morgan fingerprint density at radius 2 is 2.25 bits per heavy atom. The zero-order chi connectivity index (χ0) is 17.1. The van der Waals surface area contributed by atoms with Crippen molar-refractivity contribution in [1.29, 1.82) is 0 Å². The molecule has 24 heavy (non-hydrogen) atoms. The molecule has 0 radical (unpaired) electrons. The molecule has 0 saturated carbocycles. The molecule has 1 aliphatic rings. The fourth-order valence-electron chi connectivity index (χ4n) is 2.80. The third-order valence-electron chi connectivity index (χ3n) is 3.95. The van der Waals surface area contributed by atoms with Gasteiger partial charge in [-0.1, -0.05) is 0 Å². The minimum absolute atomic E-state index is 0.00857. The SMILES string of the molecule is CSCC(=O)NC[C@H]1Cc2cc(-c3nc(C)cnc3C)ccc2O1. The third-order valence-corrected chi connectivity index (χ3v) is 4.50. The van der Waals surface area contributed by atoms with Gasteiger partial charge in [0.15, 0.2) is 0 Å². The highest BCUT2D eigenvalue weighted by Gasteiger charge is 2.24. The summed E-state index contributed by atoms with van der Waals surface area (Å²) in [5, 5.41) is 2.92. The highest BCUT2D eigenvalue weighted by Crippen LogP contribution is 2.33. The molecule has 0 spiro atoms. The average molecular weight is 343 g/mol. The summed E-state index contributed by atoms with van der Waals surface area (Å²) in [6.45, 7) is 4.45. The Balaban J connectivity index is 1.72. The lowest BCUT2D eigenvalue weighted by Gasteiger charge is -2.11. The monoisotopic (exact) mass is 343 g/mol. The second-order valence-electron chi connectivity index (χ2n) is 5.95. The van der Waals surface area contributed by atoms with Crippen molar-refractivity contribution in [2.45, 2.75) is 26.4 Å². The minimum Gasteiger partial charge on any atom is -0.488 e. The van der Waals surface area contributed by atoms with Crippen LogP contribution < -0.4 is 10.1 Å². The number of rotatable bonds is 5. The van der Waals surface area contributed by atoms with Gasteiger partial charge in [-0.3, -0.25) is 9.78 Å². The number of aromatic nitrogens is 2. The first-order valence-electron chi connectivity index (χ1n) is 7.92. The highest BCUT2D eigenvalue weighted by atomic mass is 32.2. The molecule has 1 N–H and O–H groups in total.